The van der Waals surface area contributed by atoms with Crippen LogP contribution in [0.4, 0.5) is 0 Å². The molecule has 4 rings (SSSR count). The van der Waals surface area contributed by atoms with Gasteiger partial charge in [-0.25, -0.2) is 0 Å². The van der Waals surface area contributed by atoms with Crippen molar-refractivity contribution in [3.63, 3.8) is 0 Å². The van der Waals surface area contributed by atoms with Crippen LogP contribution in [0.2, 0.25) is 0 Å². The first-order chi connectivity index (χ1) is 20.7. The number of allylic oxidation sites excluding steroid dienone is 1. The van der Waals surface area contributed by atoms with Crippen molar-refractivity contribution in [2.45, 2.75) is 97.8 Å². The van der Waals surface area contributed by atoms with Crippen molar-refractivity contribution in [2.75, 3.05) is 0 Å². The molecule has 4 heterocycles. The third kappa shape index (κ3) is 6.82. The largest absolute Gasteiger partial charge is 0.481 e. The van der Waals surface area contributed by atoms with Gasteiger partial charge in [0.2, 0.25) is 5.91 Å². The van der Waals surface area contributed by atoms with Crippen molar-refractivity contribution in [1.29, 1.82) is 0 Å². The number of H-pyrrole nitrogens is 2. The third-order valence-electron chi connectivity index (χ3n) is 9.39. The van der Waals surface area contributed by atoms with Crippen molar-refractivity contribution in [3.8, 4) is 0 Å². The summed E-state index contributed by atoms with van der Waals surface area (Å²) < 4.78 is 0. The summed E-state index contributed by atoms with van der Waals surface area (Å²) in [6.07, 6.45) is 4.09. The maximum Gasteiger partial charge on any atom is 0.303 e. The van der Waals surface area contributed by atoms with Gasteiger partial charge in [-0.2, -0.15) is 12.6 Å². The molecule has 238 valence electrons. The molecule has 0 aromatic carbocycles. The van der Waals surface area contributed by atoms with E-state index in [-0.39, 0.29) is 47.8 Å². The summed E-state index contributed by atoms with van der Waals surface area (Å²) in [5.41, 5.74) is 9.47. The second kappa shape index (κ2) is 13.5. The number of aliphatic carboxylic acids is 2. The van der Waals surface area contributed by atoms with E-state index in [1.54, 1.807) is 0 Å². The van der Waals surface area contributed by atoms with Gasteiger partial charge < -0.3 is 30.8 Å². The molecule has 0 saturated carbocycles. The molecular formula is C33H44N4O6S. The highest BCUT2D eigenvalue weighted by Crippen LogP contribution is 2.34. The minimum atomic E-state index is -0.896. The van der Waals surface area contributed by atoms with Gasteiger partial charge in [-0.05, 0) is 73.9 Å². The lowest BCUT2D eigenvalue weighted by Crippen LogP contribution is -2.34. The highest BCUT2D eigenvalue weighted by Gasteiger charge is 2.41. The second-order valence-electron chi connectivity index (χ2n) is 12.2. The molecule has 2 aromatic rings. The molecule has 11 heteroatoms. The van der Waals surface area contributed by atoms with Gasteiger partial charge in [0.25, 0.3) is 5.91 Å². The van der Waals surface area contributed by atoms with Crippen molar-refractivity contribution in [3.05, 3.63) is 61.9 Å². The fourth-order valence-corrected chi connectivity index (χ4v) is 7.35. The average Bonchev–Trinajstić information content (AvgIpc) is 3.59. The maximum absolute atomic E-state index is 12.5. The van der Waals surface area contributed by atoms with Gasteiger partial charge in [0.15, 0.2) is 0 Å². The maximum atomic E-state index is 12.5. The molecule has 2 amide bonds. The van der Waals surface area contributed by atoms with E-state index in [4.69, 9.17) is 0 Å². The Kier molecular flexibility index (Phi) is 10.2. The zero-order chi connectivity index (χ0) is 32.5. The van der Waals surface area contributed by atoms with E-state index in [0.717, 1.165) is 56.2 Å². The van der Waals surface area contributed by atoms with Gasteiger partial charge in [-0.3, -0.25) is 19.2 Å². The molecule has 1 unspecified atom stereocenters. The summed E-state index contributed by atoms with van der Waals surface area (Å²) in [5, 5.41) is 25.0. The molecule has 2 aromatic heterocycles. The molecule has 1 saturated heterocycles. The van der Waals surface area contributed by atoms with Gasteiger partial charge in [0.05, 0.1) is 0 Å². The van der Waals surface area contributed by atoms with Crippen LogP contribution < -0.4 is 10.6 Å². The molecule has 0 radical (unpaired) electrons. The lowest BCUT2D eigenvalue weighted by atomic mass is 9.86. The lowest BCUT2D eigenvalue weighted by molar-refractivity contribution is -0.138. The number of hydrogen-bond acceptors (Lipinski definition) is 5. The van der Waals surface area contributed by atoms with E-state index in [0.29, 0.717) is 37.8 Å². The molecule has 6 N–H and O–H groups in total. The number of carbonyl (C=O) groups is 4. The predicted molar refractivity (Wildman–Crippen MR) is 172 cm³/mol. The van der Waals surface area contributed by atoms with E-state index in [1.807, 2.05) is 47.6 Å². The van der Waals surface area contributed by atoms with Crippen LogP contribution >= 0.6 is 12.6 Å². The van der Waals surface area contributed by atoms with E-state index >= 15 is 0 Å². The molecule has 0 aliphatic carbocycles. The number of carboxylic acid groups (broad SMARTS) is 2. The summed E-state index contributed by atoms with van der Waals surface area (Å²) >= 11 is 4.67. The van der Waals surface area contributed by atoms with E-state index < -0.39 is 11.9 Å². The minimum absolute atomic E-state index is 0.0117. The Labute approximate surface area is 263 Å². The summed E-state index contributed by atoms with van der Waals surface area (Å²) in [4.78, 5) is 55.2. The van der Waals surface area contributed by atoms with Gasteiger partial charge >= 0.3 is 11.9 Å². The zero-order valence-electron chi connectivity index (χ0n) is 26.3. The first-order valence-electron chi connectivity index (χ1n) is 15.3. The minimum Gasteiger partial charge on any atom is -0.481 e. The fourth-order valence-electron chi connectivity index (χ4n) is 6.88. The Balaban J connectivity index is 1.74. The van der Waals surface area contributed by atoms with E-state index in [1.165, 1.54) is 0 Å². The van der Waals surface area contributed by atoms with Gasteiger partial charge in [-0.15, -0.1) is 0 Å². The Hall–Kier alpha value is -3.73. The van der Waals surface area contributed by atoms with Crippen molar-refractivity contribution in [1.82, 2.24) is 20.6 Å². The first kappa shape index (κ1) is 33.2. The van der Waals surface area contributed by atoms with Crippen LogP contribution in [0.25, 0.3) is 6.08 Å². The molecule has 2 aliphatic heterocycles. The van der Waals surface area contributed by atoms with Gasteiger partial charge in [-0.1, -0.05) is 20.8 Å². The smallest absolute Gasteiger partial charge is 0.303 e. The SMILES string of the molecule is CCC1=C(C)/C(=C/c2[nH]c(Cc3[nH]c(CC4NC(=O)[C@H](C)[C@H]4[C@H](C)S)c(C)c3CCC(=O)O)c(CCC(=O)O)c2C)NC1=O. The molecule has 1 fully saturated rings. The van der Waals surface area contributed by atoms with Crippen LogP contribution in [-0.2, 0) is 44.9 Å². The summed E-state index contributed by atoms with van der Waals surface area (Å²) in [7, 11) is 0. The van der Waals surface area contributed by atoms with E-state index in [2.05, 4.69) is 33.2 Å². The Morgan fingerprint density at radius 3 is 2.09 bits per heavy atom. The molecule has 44 heavy (non-hydrogen) atoms. The van der Waals surface area contributed by atoms with Crippen LogP contribution in [-0.4, -0.2) is 55.2 Å². The quantitative estimate of drug-likeness (QED) is 0.163. The normalized spacial score (nSPS) is 21.7. The summed E-state index contributed by atoms with van der Waals surface area (Å²) in [6, 6.07) is -0.106. The number of carboxylic acids is 2. The summed E-state index contributed by atoms with van der Waals surface area (Å²) in [6.45, 7) is 11.7. The number of aromatic nitrogens is 2. The first-order valence-corrected chi connectivity index (χ1v) is 15.8. The van der Waals surface area contributed by atoms with Gasteiger partial charge in [0.1, 0.15) is 0 Å². The number of rotatable bonds is 13. The highest BCUT2D eigenvalue weighted by atomic mass is 32.1. The molecule has 10 nitrogen and oxygen atoms in total. The number of thiol groups is 1. The van der Waals surface area contributed by atoms with Crippen LogP contribution in [0.15, 0.2) is 16.8 Å². The monoisotopic (exact) mass is 624 g/mol. The second-order valence-corrected chi connectivity index (χ2v) is 13.0. The zero-order valence-corrected chi connectivity index (χ0v) is 27.2. The van der Waals surface area contributed by atoms with Crippen molar-refractivity contribution >= 4 is 42.5 Å². The average molecular weight is 625 g/mol. The third-order valence-corrected chi connectivity index (χ3v) is 9.74. The summed E-state index contributed by atoms with van der Waals surface area (Å²) in [5.74, 6) is -1.99. The lowest BCUT2D eigenvalue weighted by Gasteiger charge is -2.24. The number of amides is 2. The van der Waals surface area contributed by atoms with Crippen LogP contribution in [0.5, 0.6) is 0 Å². The van der Waals surface area contributed by atoms with E-state index in [9.17, 15) is 29.4 Å². The molecule has 0 spiro atoms. The fraction of sp³-hybridized carbons (Fsp3) is 0.515. The number of aromatic amines is 2. The Morgan fingerprint density at radius 2 is 1.55 bits per heavy atom. The van der Waals surface area contributed by atoms with Crippen LogP contribution in [0, 0.1) is 25.7 Å². The molecule has 0 bridgehead atoms. The van der Waals surface area contributed by atoms with Crippen molar-refractivity contribution in [2.24, 2.45) is 11.8 Å². The topological polar surface area (TPSA) is 164 Å². The number of carbonyl (C=O) groups excluding carboxylic acids is 2. The Morgan fingerprint density at radius 1 is 0.955 bits per heavy atom. The molecule has 4 atom stereocenters. The van der Waals surface area contributed by atoms with Crippen molar-refractivity contribution < 1.29 is 29.4 Å². The number of hydrogen-bond donors (Lipinski definition) is 7. The standard InChI is InChI=1S/C33H44N4O6S/c1-7-20-15(2)25(36-33(20)43)12-23-16(3)21(8-10-29(38)39)26(34-23)14-27-22(9-11-30(40)41)17(4)24(35-27)13-28-31(19(6)44)18(5)32(42)37-28/h12,18-19,28,31,34-35,44H,7-11,13-14H2,1-6H3,(H,36,43)(H,37,42)(H,38,39)(H,40,41)/b25-12-/t18-,19+,28?,31+/m1/s1. The van der Waals surface area contributed by atoms with Crippen LogP contribution in [0.1, 0.15) is 92.0 Å². The highest BCUT2D eigenvalue weighted by molar-refractivity contribution is 7.80. The predicted octanol–water partition coefficient (Wildman–Crippen LogP) is 4.39. The Bertz CT molecular complexity index is 1550. The van der Waals surface area contributed by atoms with Gasteiger partial charge in [0, 0.05) is 82.9 Å². The molecular weight excluding hydrogens is 580 g/mol. The molecule has 2 aliphatic rings. The number of nitrogens with one attached hydrogen (secondary N) is 4. The van der Waals surface area contributed by atoms with Crippen LogP contribution in [0.3, 0.4) is 0 Å².